The Morgan fingerprint density at radius 1 is 1.17 bits per heavy atom. The van der Waals surface area contributed by atoms with E-state index in [0.29, 0.717) is 28.3 Å². The van der Waals surface area contributed by atoms with Gasteiger partial charge in [-0.3, -0.25) is 9.69 Å². The minimum atomic E-state index is -0.0711. The minimum absolute atomic E-state index is 0.0711. The lowest BCUT2D eigenvalue weighted by atomic mass is 10.1. The smallest absolute Gasteiger partial charge is 0.238 e. The number of hydrogen-bond donors (Lipinski definition) is 1. The maximum atomic E-state index is 12.4. The Kier molecular flexibility index (Phi) is 5.44. The molecule has 1 saturated carbocycles. The fourth-order valence-electron chi connectivity index (χ4n) is 2.65. The Morgan fingerprint density at radius 2 is 1.88 bits per heavy atom. The lowest BCUT2D eigenvalue weighted by Crippen LogP contribution is -2.34. The van der Waals surface area contributed by atoms with Gasteiger partial charge in [0.15, 0.2) is 0 Å². The van der Waals surface area contributed by atoms with E-state index in [0.717, 1.165) is 19.4 Å². The van der Waals surface area contributed by atoms with Gasteiger partial charge in [-0.2, -0.15) is 0 Å². The van der Waals surface area contributed by atoms with Gasteiger partial charge in [0.1, 0.15) is 0 Å². The zero-order valence-corrected chi connectivity index (χ0v) is 15.1. The molecule has 0 heterocycles. The predicted octanol–water partition coefficient (Wildman–Crippen LogP) is 4.90. The van der Waals surface area contributed by atoms with Crippen molar-refractivity contribution in [1.82, 2.24) is 4.90 Å². The van der Waals surface area contributed by atoms with Crippen molar-refractivity contribution in [2.75, 3.05) is 11.9 Å². The van der Waals surface area contributed by atoms with Gasteiger partial charge in [0, 0.05) is 17.6 Å². The largest absolute Gasteiger partial charge is 0.324 e. The van der Waals surface area contributed by atoms with Crippen LogP contribution < -0.4 is 5.32 Å². The number of anilines is 1. The minimum Gasteiger partial charge on any atom is -0.324 e. The summed E-state index contributed by atoms with van der Waals surface area (Å²) in [6.45, 7) is 3.20. The van der Waals surface area contributed by atoms with Crippen molar-refractivity contribution in [1.29, 1.82) is 0 Å². The van der Waals surface area contributed by atoms with Crippen LogP contribution in [0.1, 0.15) is 24.0 Å². The van der Waals surface area contributed by atoms with E-state index in [-0.39, 0.29) is 5.91 Å². The van der Waals surface area contributed by atoms with Crippen molar-refractivity contribution >= 4 is 34.8 Å². The van der Waals surface area contributed by atoms with Gasteiger partial charge in [-0.25, -0.2) is 0 Å². The van der Waals surface area contributed by atoms with Crippen molar-refractivity contribution < 1.29 is 4.79 Å². The number of carbonyl (C=O) groups is 1. The van der Waals surface area contributed by atoms with E-state index in [9.17, 15) is 4.79 Å². The van der Waals surface area contributed by atoms with Crippen molar-refractivity contribution in [3.8, 4) is 0 Å². The molecule has 3 rings (SSSR count). The van der Waals surface area contributed by atoms with Crippen LogP contribution in [-0.4, -0.2) is 23.4 Å². The van der Waals surface area contributed by atoms with Crippen LogP contribution in [0, 0.1) is 6.92 Å². The van der Waals surface area contributed by atoms with Crippen LogP contribution >= 0.6 is 23.2 Å². The number of nitrogens with zero attached hydrogens (tertiary/aromatic N) is 1. The van der Waals surface area contributed by atoms with E-state index in [1.807, 2.05) is 0 Å². The molecule has 0 aliphatic heterocycles. The van der Waals surface area contributed by atoms with Crippen molar-refractivity contribution in [2.24, 2.45) is 0 Å². The molecule has 1 fully saturated rings. The van der Waals surface area contributed by atoms with Crippen LogP contribution in [-0.2, 0) is 11.3 Å². The molecule has 0 unspecified atom stereocenters. The Morgan fingerprint density at radius 3 is 2.54 bits per heavy atom. The number of amides is 1. The molecule has 0 bridgehead atoms. The molecule has 1 N–H and O–H groups in total. The average Bonchev–Trinajstić information content (AvgIpc) is 3.37. The Hall–Kier alpha value is -1.55. The molecule has 0 saturated heterocycles. The first-order valence-electron chi connectivity index (χ1n) is 8.06. The average molecular weight is 363 g/mol. The number of benzene rings is 2. The van der Waals surface area contributed by atoms with E-state index in [2.05, 4.69) is 41.4 Å². The third kappa shape index (κ3) is 4.73. The van der Waals surface area contributed by atoms with Crippen LogP contribution in [0.5, 0.6) is 0 Å². The molecule has 1 aliphatic rings. The molecule has 126 valence electrons. The van der Waals surface area contributed by atoms with Gasteiger partial charge in [-0.15, -0.1) is 0 Å². The molecule has 3 nitrogen and oxygen atoms in total. The third-order valence-electron chi connectivity index (χ3n) is 4.12. The van der Waals surface area contributed by atoms with Crippen LogP contribution in [0.25, 0.3) is 0 Å². The summed E-state index contributed by atoms with van der Waals surface area (Å²) in [5.74, 6) is -0.0711. The van der Waals surface area contributed by atoms with E-state index < -0.39 is 0 Å². The van der Waals surface area contributed by atoms with Crippen LogP contribution in [0.4, 0.5) is 5.69 Å². The molecule has 2 aromatic carbocycles. The second-order valence-electron chi connectivity index (χ2n) is 6.29. The van der Waals surface area contributed by atoms with Crippen LogP contribution in [0.2, 0.25) is 10.0 Å². The predicted molar refractivity (Wildman–Crippen MR) is 99.7 cm³/mol. The highest BCUT2D eigenvalue weighted by Gasteiger charge is 2.30. The second-order valence-corrected chi connectivity index (χ2v) is 7.14. The quantitative estimate of drug-likeness (QED) is 0.791. The summed E-state index contributed by atoms with van der Waals surface area (Å²) in [6.07, 6.45) is 2.30. The van der Waals surface area contributed by atoms with E-state index in [1.54, 1.807) is 18.2 Å². The first kappa shape index (κ1) is 17.3. The van der Waals surface area contributed by atoms with Gasteiger partial charge in [-0.1, -0.05) is 53.0 Å². The zero-order valence-electron chi connectivity index (χ0n) is 13.6. The number of nitrogens with one attached hydrogen (secondary N) is 1. The SMILES string of the molecule is Cc1ccc(CN(CC(=O)Nc2cc(Cl)ccc2Cl)C2CC2)cc1. The Bertz CT molecular complexity index is 727. The normalized spacial score (nSPS) is 14.0. The lowest BCUT2D eigenvalue weighted by molar-refractivity contribution is -0.117. The summed E-state index contributed by atoms with van der Waals surface area (Å²) in [4.78, 5) is 14.6. The highest BCUT2D eigenvalue weighted by atomic mass is 35.5. The van der Waals surface area contributed by atoms with Crippen LogP contribution in [0.15, 0.2) is 42.5 Å². The fourth-order valence-corrected chi connectivity index (χ4v) is 2.99. The van der Waals surface area contributed by atoms with E-state index >= 15 is 0 Å². The van der Waals surface area contributed by atoms with Crippen molar-refractivity contribution in [2.45, 2.75) is 32.4 Å². The number of carbonyl (C=O) groups excluding carboxylic acids is 1. The van der Waals surface area contributed by atoms with Crippen molar-refractivity contribution in [3.63, 3.8) is 0 Å². The number of aryl methyl sites for hydroxylation is 1. The van der Waals surface area contributed by atoms with Gasteiger partial charge in [0.2, 0.25) is 5.91 Å². The van der Waals surface area contributed by atoms with E-state index in [4.69, 9.17) is 23.2 Å². The Labute approximate surface area is 152 Å². The molecule has 5 heteroatoms. The van der Waals surface area contributed by atoms with Gasteiger partial charge in [0.05, 0.1) is 17.3 Å². The fraction of sp³-hybridized carbons (Fsp3) is 0.316. The number of hydrogen-bond acceptors (Lipinski definition) is 2. The van der Waals surface area contributed by atoms with Crippen molar-refractivity contribution in [3.05, 3.63) is 63.6 Å². The molecule has 0 aromatic heterocycles. The van der Waals surface area contributed by atoms with Crippen LogP contribution in [0.3, 0.4) is 0 Å². The standard InChI is InChI=1S/C19H20Cl2N2O/c1-13-2-4-14(5-3-13)11-23(16-7-8-16)12-19(24)22-18-10-15(20)6-9-17(18)21/h2-6,9-10,16H,7-8,11-12H2,1H3,(H,22,24). The molecule has 0 radical (unpaired) electrons. The molecule has 1 aliphatic carbocycles. The van der Waals surface area contributed by atoms with E-state index in [1.165, 1.54) is 11.1 Å². The molecule has 1 amide bonds. The van der Waals surface area contributed by atoms with Gasteiger partial charge in [-0.05, 0) is 43.5 Å². The number of halogens is 2. The molecule has 2 aromatic rings. The Balaban J connectivity index is 1.63. The third-order valence-corrected chi connectivity index (χ3v) is 4.68. The first-order chi connectivity index (χ1) is 11.5. The number of rotatable bonds is 6. The highest BCUT2D eigenvalue weighted by Crippen LogP contribution is 2.29. The maximum Gasteiger partial charge on any atom is 0.238 e. The molecule has 0 spiro atoms. The summed E-state index contributed by atoms with van der Waals surface area (Å²) in [5, 5.41) is 3.90. The summed E-state index contributed by atoms with van der Waals surface area (Å²) in [6, 6.07) is 14.0. The van der Waals surface area contributed by atoms with Gasteiger partial charge in [0.25, 0.3) is 0 Å². The summed E-state index contributed by atoms with van der Waals surface area (Å²) in [7, 11) is 0. The summed E-state index contributed by atoms with van der Waals surface area (Å²) < 4.78 is 0. The first-order valence-corrected chi connectivity index (χ1v) is 8.81. The molecular formula is C19H20Cl2N2O. The highest BCUT2D eigenvalue weighted by molar-refractivity contribution is 6.35. The molecular weight excluding hydrogens is 343 g/mol. The molecule has 0 atom stereocenters. The van der Waals surface area contributed by atoms with Gasteiger partial charge >= 0.3 is 0 Å². The molecule has 24 heavy (non-hydrogen) atoms. The second kappa shape index (κ2) is 7.56. The zero-order chi connectivity index (χ0) is 17.1. The summed E-state index contributed by atoms with van der Waals surface area (Å²) >= 11 is 12.1. The summed E-state index contributed by atoms with van der Waals surface area (Å²) in [5.41, 5.74) is 3.02. The maximum absolute atomic E-state index is 12.4. The monoisotopic (exact) mass is 362 g/mol. The topological polar surface area (TPSA) is 32.3 Å². The van der Waals surface area contributed by atoms with Gasteiger partial charge < -0.3 is 5.32 Å². The lowest BCUT2D eigenvalue weighted by Gasteiger charge is -2.22.